The van der Waals surface area contributed by atoms with Gasteiger partial charge in [-0.25, -0.2) is 5.43 Å². The fourth-order valence-electron chi connectivity index (χ4n) is 1.83. The van der Waals surface area contributed by atoms with Crippen molar-refractivity contribution in [3.8, 4) is 6.07 Å². The zero-order valence-electron chi connectivity index (χ0n) is 13.0. The van der Waals surface area contributed by atoms with Crippen LogP contribution >= 0.6 is 0 Å². The lowest BCUT2D eigenvalue weighted by atomic mass is 10.1. The average molecular weight is 321 g/mol. The number of nitrogens with zero attached hydrogens (tertiary/aromatic N) is 3. The predicted octanol–water partition coefficient (Wildman–Crippen LogP) is 1.63. The Balaban J connectivity index is 1.92. The number of anilines is 1. The number of hydrogen-bond donors (Lipinski definition) is 2. The van der Waals surface area contributed by atoms with Crippen LogP contribution in [0.1, 0.15) is 18.1 Å². The first kappa shape index (κ1) is 16.8. The number of amides is 2. The van der Waals surface area contributed by atoms with Gasteiger partial charge >= 0.3 is 11.8 Å². The number of aromatic nitrogens is 1. The predicted molar refractivity (Wildman–Crippen MR) is 89.0 cm³/mol. The molecule has 0 atom stereocenters. The number of carbonyl (C=O) groups is 2. The van der Waals surface area contributed by atoms with Gasteiger partial charge in [-0.2, -0.15) is 10.4 Å². The number of carbonyl (C=O) groups excluding carboxylic acids is 2. The number of hydrogen-bond acceptors (Lipinski definition) is 5. The van der Waals surface area contributed by atoms with E-state index in [1.54, 1.807) is 55.7 Å². The molecule has 0 spiro atoms. The van der Waals surface area contributed by atoms with E-state index >= 15 is 0 Å². The molecule has 0 saturated carbocycles. The van der Waals surface area contributed by atoms with E-state index < -0.39 is 11.8 Å². The van der Waals surface area contributed by atoms with E-state index in [1.165, 1.54) is 0 Å². The Hall–Kier alpha value is -3.53. The number of nitrogens with one attached hydrogen (secondary N) is 2. The molecule has 0 fully saturated rings. The minimum atomic E-state index is -0.871. The van der Waals surface area contributed by atoms with Gasteiger partial charge in [0.25, 0.3) is 0 Å². The van der Waals surface area contributed by atoms with Gasteiger partial charge in [0.1, 0.15) is 0 Å². The number of hydrazone groups is 1. The molecule has 0 saturated heterocycles. The van der Waals surface area contributed by atoms with E-state index in [2.05, 4.69) is 20.8 Å². The van der Waals surface area contributed by atoms with Crippen LogP contribution in [0.2, 0.25) is 0 Å². The molecule has 7 nitrogen and oxygen atoms in total. The normalized spacial score (nSPS) is 10.6. The van der Waals surface area contributed by atoms with Crippen LogP contribution in [0, 0.1) is 11.3 Å². The summed E-state index contributed by atoms with van der Waals surface area (Å²) in [4.78, 5) is 27.5. The van der Waals surface area contributed by atoms with Gasteiger partial charge in [0, 0.05) is 23.6 Å². The Labute approximate surface area is 139 Å². The fraction of sp³-hybridized carbons (Fsp3) is 0.118. The molecule has 2 amide bonds. The number of nitriles is 1. The van der Waals surface area contributed by atoms with Gasteiger partial charge in [0.05, 0.1) is 18.2 Å². The molecule has 2 N–H and O–H groups in total. The second-order valence-corrected chi connectivity index (χ2v) is 4.86. The van der Waals surface area contributed by atoms with E-state index in [0.717, 1.165) is 11.1 Å². The van der Waals surface area contributed by atoms with Crippen LogP contribution in [-0.4, -0.2) is 22.5 Å². The Kier molecular flexibility index (Phi) is 5.75. The summed E-state index contributed by atoms with van der Waals surface area (Å²) in [6.07, 6.45) is 3.51. The quantitative estimate of drug-likeness (QED) is 0.507. The maximum Gasteiger partial charge on any atom is 0.329 e. The molecule has 1 heterocycles. The van der Waals surface area contributed by atoms with Crippen LogP contribution < -0.4 is 10.7 Å². The van der Waals surface area contributed by atoms with Crippen LogP contribution in [0.5, 0.6) is 0 Å². The van der Waals surface area contributed by atoms with Crippen molar-refractivity contribution < 1.29 is 9.59 Å². The third-order valence-corrected chi connectivity index (χ3v) is 3.12. The maximum absolute atomic E-state index is 11.8. The second-order valence-electron chi connectivity index (χ2n) is 4.86. The van der Waals surface area contributed by atoms with Crippen LogP contribution in [0.4, 0.5) is 5.69 Å². The first-order valence-electron chi connectivity index (χ1n) is 7.12. The molecule has 0 aliphatic carbocycles. The topological polar surface area (TPSA) is 107 Å². The van der Waals surface area contributed by atoms with Crippen LogP contribution in [0.25, 0.3) is 0 Å². The van der Waals surface area contributed by atoms with Gasteiger partial charge in [-0.3, -0.25) is 14.6 Å². The number of rotatable bonds is 4. The Bertz CT molecular complexity index is 792. The van der Waals surface area contributed by atoms with Crippen molar-refractivity contribution in [1.82, 2.24) is 10.4 Å². The molecule has 2 rings (SSSR count). The second kappa shape index (κ2) is 8.19. The molecule has 7 heteroatoms. The lowest BCUT2D eigenvalue weighted by molar-refractivity contribution is -0.136. The summed E-state index contributed by atoms with van der Waals surface area (Å²) in [5.41, 5.74) is 4.85. The first-order chi connectivity index (χ1) is 11.6. The highest BCUT2D eigenvalue weighted by atomic mass is 16.2. The van der Waals surface area contributed by atoms with Crippen LogP contribution in [0.3, 0.4) is 0 Å². The van der Waals surface area contributed by atoms with Gasteiger partial charge in [0.15, 0.2) is 0 Å². The van der Waals surface area contributed by atoms with E-state index in [4.69, 9.17) is 5.26 Å². The van der Waals surface area contributed by atoms with E-state index in [1.807, 2.05) is 6.07 Å². The summed E-state index contributed by atoms with van der Waals surface area (Å²) >= 11 is 0. The van der Waals surface area contributed by atoms with Crippen molar-refractivity contribution in [2.24, 2.45) is 5.10 Å². The molecule has 0 radical (unpaired) electrons. The standard InChI is InChI=1S/C17H15N5O2/c1-12(14-7-10-19-11-8-14)21-22-17(24)16(23)20-15-4-2-13(3-5-15)6-9-18/h2-5,7-8,10-11H,6H2,1H3,(H,20,23)(H,22,24). The highest BCUT2D eigenvalue weighted by Crippen LogP contribution is 2.09. The summed E-state index contributed by atoms with van der Waals surface area (Å²) in [7, 11) is 0. The molecule has 1 aromatic heterocycles. The number of pyridine rings is 1. The van der Waals surface area contributed by atoms with E-state index in [9.17, 15) is 9.59 Å². The van der Waals surface area contributed by atoms with Crippen molar-refractivity contribution in [2.75, 3.05) is 5.32 Å². The van der Waals surface area contributed by atoms with Crippen molar-refractivity contribution in [3.05, 3.63) is 59.9 Å². The molecule has 2 aromatic rings. The minimum absolute atomic E-state index is 0.289. The Morgan fingerprint density at radius 2 is 1.79 bits per heavy atom. The Morgan fingerprint density at radius 3 is 2.42 bits per heavy atom. The zero-order chi connectivity index (χ0) is 17.4. The summed E-state index contributed by atoms with van der Waals surface area (Å²) in [6, 6.07) is 12.2. The molecule has 0 aliphatic heterocycles. The monoisotopic (exact) mass is 321 g/mol. The van der Waals surface area contributed by atoms with E-state index in [-0.39, 0.29) is 6.42 Å². The van der Waals surface area contributed by atoms with Gasteiger partial charge in [-0.15, -0.1) is 0 Å². The van der Waals surface area contributed by atoms with Gasteiger partial charge in [-0.05, 0) is 36.8 Å². The van der Waals surface area contributed by atoms with Crippen LogP contribution in [-0.2, 0) is 16.0 Å². The summed E-state index contributed by atoms with van der Waals surface area (Å²) in [5.74, 6) is -1.70. The van der Waals surface area contributed by atoms with Crippen molar-refractivity contribution >= 4 is 23.2 Å². The largest absolute Gasteiger partial charge is 0.329 e. The molecular formula is C17H15N5O2. The summed E-state index contributed by atoms with van der Waals surface area (Å²) in [6.45, 7) is 1.71. The third-order valence-electron chi connectivity index (χ3n) is 3.12. The first-order valence-corrected chi connectivity index (χ1v) is 7.12. The number of benzene rings is 1. The fourth-order valence-corrected chi connectivity index (χ4v) is 1.83. The highest BCUT2D eigenvalue weighted by molar-refractivity contribution is 6.39. The minimum Gasteiger partial charge on any atom is -0.318 e. The average Bonchev–Trinajstić information content (AvgIpc) is 2.62. The summed E-state index contributed by atoms with van der Waals surface area (Å²) in [5, 5.41) is 15.0. The molecule has 1 aromatic carbocycles. The Morgan fingerprint density at radius 1 is 1.12 bits per heavy atom. The van der Waals surface area contributed by atoms with Crippen LogP contribution in [0.15, 0.2) is 53.9 Å². The third kappa shape index (κ3) is 4.74. The van der Waals surface area contributed by atoms with Crippen molar-refractivity contribution in [3.63, 3.8) is 0 Å². The lowest BCUT2D eigenvalue weighted by Crippen LogP contribution is -2.32. The molecule has 0 unspecified atom stereocenters. The smallest absolute Gasteiger partial charge is 0.318 e. The van der Waals surface area contributed by atoms with Crippen molar-refractivity contribution in [2.45, 2.75) is 13.3 Å². The van der Waals surface area contributed by atoms with Gasteiger partial charge in [0.2, 0.25) is 0 Å². The highest BCUT2D eigenvalue weighted by Gasteiger charge is 2.13. The van der Waals surface area contributed by atoms with Gasteiger partial charge < -0.3 is 5.32 Å². The molecular weight excluding hydrogens is 306 g/mol. The molecule has 24 heavy (non-hydrogen) atoms. The zero-order valence-corrected chi connectivity index (χ0v) is 13.0. The van der Waals surface area contributed by atoms with Crippen molar-refractivity contribution in [1.29, 1.82) is 5.26 Å². The molecule has 120 valence electrons. The molecule has 0 aliphatic rings. The summed E-state index contributed by atoms with van der Waals surface area (Å²) < 4.78 is 0. The maximum atomic E-state index is 11.8. The van der Waals surface area contributed by atoms with Gasteiger partial charge in [-0.1, -0.05) is 12.1 Å². The SMILES string of the molecule is CC(=NNC(=O)C(=O)Nc1ccc(CC#N)cc1)c1ccncc1. The lowest BCUT2D eigenvalue weighted by Gasteiger charge is -2.05. The van der Waals surface area contributed by atoms with E-state index in [0.29, 0.717) is 11.4 Å². The molecule has 0 bridgehead atoms.